The predicted octanol–water partition coefficient (Wildman–Crippen LogP) is 2.40. The predicted molar refractivity (Wildman–Crippen MR) is 136 cm³/mol. The number of imide groups is 1. The summed E-state index contributed by atoms with van der Waals surface area (Å²) in [5.41, 5.74) is 0.718. The third-order valence-electron chi connectivity index (χ3n) is 5.75. The fourth-order valence-electron chi connectivity index (χ4n) is 4.06. The van der Waals surface area contributed by atoms with Gasteiger partial charge in [0.15, 0.2) is 0 Å². The maximum atomic E-state index is 13.4. The number of carbonyl (C=O) groups is 4. The molecule has 3 rings (SSSR count). The number of esters is 1. The molecule has 2 aromatic carbocycles. The maximum Gasteiger partial charge on any atom is 0.308 e. The highest BCUT2D eigenvalue weighted by Crippen LogP contribution is 2.29. The average molecular weight is 530 g/mol. The van der Waals surface area contributed by atoms with Gasteiger partial charge >= 0.3 is 5.97 Å². The molecule has 1 unspecified atom stereocenters. The van der Waals surface area contributed by atoms with Gasteiger partial charge in [0.1, 0.15) is 11.8 Å². The van der Waals surface area contributed by atoms with Crippen LogP contribution >= 0.6 is 0 Å². The van der Waals surface area contributed by atoms with Gasteiger partial charge in [0.25, 0.3) is 5.91 Å². The number of rotatable bonds is 8. The maximum absolute atomic E-state index is 13.4. The number of hydrogen-bond acceptors (Lipinski definition) is 7. The summed E-state index contributed by atoms with van der Waals surface area (Å²) in [6.07, 6.45) is 0.354. The second kappa shape index (κ2) is 10.8. The molecule has 11 heteroatoms. The summed E-state index contributed by atoms with van der Waals surface area (Å²) in [7, 11) is -3.83. The molecule has 1 aliphatic rings. The highest BCUT2D eigenvalue weighted by Gasteiger charge is 2.44. The molecule has 0 aromatic heterocycles. The van der Waals surface area contributed by atoms with Crippen molar-refractivity contribution in [3.63, 3.8) is 0 Å². The van der Waals surface area contributed by atoms with E-state index in [1.807, 2.05) is 20.8 Å². The first-order chi connectivity index (χ1) is 17.2. The van der Waals surface area contributed by atoms with Gasteiger partial charge < -0.3 is 9.64 Å². The molecule has 198 valence electrons. The summed E-state index contributed by atoms with van der Waals surface area (Å²) in [5, 5.41) is 5.15. The van der Waals surface area contributed by atoms with Gasteiger partial charge in [0, 0.05) is 19.9 Å². The highest BCUT2D eigenvalue weighted by molar-refractivity contribution is 7.89. The number of ether oxygens (including phenoxy) is 1. The summed E-state index contributed by atoms with van der Waals surface area (Å²) in [6.45, 7) is 7.16. The Bertz CT molecular complexity index is 1300. The lowest BCUT2D eigenvalue weighted by atomic mass is 9.91. The van der Waals surface area contributed by atoms with Crippen LogP contribution in [0.3, 0.4) is 0 Å². The van der Waals surface area contributed by atoms with Gasteiger partial charge in [-0.1, -0.05) is 32.9 Å². The number of nitrogens with two attached hydrogens (primary N) is 1. The smallest absolute Gasteiger partial charge is 0.308 e. The first-order valence-electron chi connectivity index (χ1n) is 11.7. The van der Waals surface area contributed by atoms with E-state index >= 15 is 0 Å². The molecule has 0 aliphatic carbocycles. The summed E-state index contributed by atoms with van der Waals surface area (Å²) in [4.78, 5) is 53.2. The number of primary sulfonamides is 1. The normalized spacial score (nSPS) is 16.1. The molecule has 0 saturated carbocycles. The van der Waals surface area contributed by atoms with Crippen molar-refractivity contribution >= 4 is 39.4 Å². The van der Waals surface area contributed by atoms with Gasteiger partial charge in [-0.3, -0.25) is 19.2 Å². The van der Waals surface area contributed by atoms with Gasteiger partial charge in [0.05, 0.1) is 17.0 Å². The van der Waals surface area contributed by atoms with Crippen LogP contribution in [0.25, 0.3) is 0 Å². The van der Waals surface area contributed by atoms with E-state index in [1.165, 1.54) is 48.2 Å². The largest absolute Gasteiger partial charge is 0.427 e. The van der Waals surface area contributed by atoms with Crippen molar-refractivity contribution in [2.45, 2.75) is 57.9 Å². The number of hydrogen-bond donors (Lipinski definition) is 1. The van der Waals surface area contributed by atoms with E-state index in [2.05, 4.69) is 0 Å². The summed E-state index contributed by atoms with van der Waals surface area (Å²) in [6, 6.07) is 11.0. The number of amides is 3. The van der Waals surface area contributed by atoms with Crippen LogP contribution in [-0.2, 0) is 35.6 Å². The zero-order valence-electron chi connectivity index (χ0n) is 21.3. The molecule has 0 spiro atoms. The molecule has 1 heterocycles. The van der Waals surface area contributed by atoms with E-state index in [9.17, 15) is 27.6 Å². The Morgan fingerprint density at radius 3 is 2.16 bits per heavy atom. The third kappa shape index (κ3) is 7.23. The fourth-order valence-corrected chi connectivity index (χ4v) is 4.58. The number of benzene rings is 2. The molecule has 2 N–H and O–H groups in total. The number of nitrogens with zero attached hydrogens (tertiary/aromatic N) is 2. The Labute approximate surface area is 216 Å². The van der Waals surface area contributed by atoms with Crippen LogP contribution in [0.4, 0.5) is 5.69 Å². The first kappa shape index (κ1) is 28.0. The molecule has 1 saturated heterocycles. The van der Waals surface area contributed by atoms with E-state index in [0.29, 0.717) is 12.1 Å². The molecule has 3 amide bonds. The zero-order chi connectivity index (χ0) is 27.5. The van der Waals surface area contributed by atoms with Crippen LogP contribution < -0.4 is 14.8 Å². The minimum absolute atomic E-state index is 0.0242. The topological polar surface area (TPSA) is 144 Å². The molecule has 2 aromatic rings. The van der Waals surface area contributed by atoms with Crippen LogP contribution in [0.1, 0.15) is 46.1 Å². The molecular weight excluding hydrogens is 498 g/mol. The van der Waals surface area contributed by atoms with E-state index in [4.69, 9.17) is 9.88 Å². The van der Waals surface area contributed by atoms with Crippen LogP contribution in [0.15, 0.2) is 53.4 Å². The lowest BCUT2D eigenvalue weighted by Crippen LogP contribution is -2.47. The lowest BCUT2D eigenvalue weighted by Gasteiger charge is -2.30. The fraction of sp³-hybridized carbons (Fsp3) is 0.385. The van der Waals surface area contributed by atoms with Crippen LogP contribution in [0, 0.1) is 5.41 Å². The van der Waals surface area contributed by atoms with Crippen LogP contribution in [0.2, 0.25) is 0 Å². The van der Waals surface area contributed by atoms with Crippen LogP contribution in [-0.4, -0.2) is 49.6 Å². The zero-order valence-corrected chi connectivity index (χ0v) is 22.1. The Balaban J connectivity index is 1.83. The van der Waals surface area contributed by atoms with Crippen molar-refractivity contribution in [1.29, 1.82) is 0 Å². The van der Waals surface area contributed by atoms with Gasteiger partial charge in [-0.2, -0.15) is 0 Å². The minimum atomic E-state index is -3.83. The molecule has 0 bridgehead atoms. The van der Waals surface area contributed by atoms with Gasteiger partial charge in [-0.25, -0.2) is 18.5 Å². The van der Waals surface area contributed by atoms with E-state index in [1.54, 1.807) is 12.1 Å². The van der Waals surface area contributed by atoms with E-state index in [0.717, 1.165) is 10.5 Å². The molecule has 10 nitrogen and oxygen atoms in total. The Hall–Kier alpha value is -3.57. The van der Waals surface area contributed by atoms with Crippen molar-refractivity contribution < 1.29 is 32.3 Å². The van der Waals surface area contributed by atoms with Crippen molar-refractivity contribution in [3.05, 3.63) is 54.1 Å². The second-order valence-electron chi connectivity index (χ2n) is 10.1. The number of anilines is 1. The molecular formula is C26H31N3O7S. The lowest BCUT2D eigenvalue weighted by molar-refractivity contribution is -0.139. The third-order valence-corrected chi connectivity index (χ3v) is 6.68. The summed E-state index contributed by atoms with van der Waals surface area (Å²) < 4.78 is 28.0. The van der Waals surface area contributed by atoms with Crippen molar-refractivity contribution in [1.82, 2.24) is 4.90 Å². The van der Waals surface area contributed by atoms with Gasteiger partial charge in [-0.15, -0.1) is 0 Å². The number of carbonyl (C=O) groups excluding carboxylic acids is 4. The molecule has 0 radical (unpaired) electrons. The highest BCUT2D eigenvalue weighted by atomic mass is 32.2. The van der Waals surface area contributed by atoms with Crippen LogP contribution in [0.5, 0.6) is 5.75 Å². The molecule has 1 atom stereocenters. The Morgan fingerprint density at radius 2 is 1.65 bits per heavy atom. The molecule has 1 fully saturated rings. The first-order valence-corrected chi connectivity index (χ1v) is 13.3. The van der Waals surface area contributed by atoms with Crippen molar-refractivity contribution in [2.75, 3.05) is 11.4 Å². The summed E-state index contributed by atoms with van der Waals surface area (Å²) in [5.74, 6) is -1.43. The quantitative estimate of drug-likeness (QED) is 0.314. The Morgan fingerprint density at radius 1 is 1.05 bits per heavy atom. The second-order valence-corrected chi connectivity index (χ2v) is 11.7. The SMILES string of the molecule is CC(=O)Oc1ccc(N2C(=O)CC(N(CCc3ccc(S(N)(=O)=O)cc3)C(=O)CC(C)(C)C)C2=O)cc1. The van der Waals surface area contributed by atoms with Gasteiger partial charge in [0.2, 0.25) is 21.8 Å². The monoisotopic (exact) mass is 529 g/mol. The van der Waals surface area contributed by atoms with Crippen molar-refractivity contribution in [2.24, 2.45) is 10.6 Å². The summed E-state index contributed by atoms with van der Waals surface area (Å²) >= 11 is 0. The minimum Gasteiger partial charge on any atom is -0.427 e. The van der Waals surface area contributed by atoms with Crippen molar-refractivity contribution in [3.8, 4) is 5.75 Å². The molecule has 37 heavy (non-hydrogen) atoms. The Kier molecular flexibility index (Phi) is 8.19. The van der Waals surface area contributed by atoms with E-state index in [-0.39, 0.29) is 41.4 Å². The van der Waals surface area contributed by atoms with Gasteiger partial charge in [-0.05, 0) is 53.8 Å². The molecule has 1 aliphatic heterocycles. The standard InChI is InChI=1S/C26H31N3O7S/c1-17(30)36-20-9-7-19(8-10-20)29-23(31)15-22(25(29)33)28(24(32)16-26(2,3)4)14-13-18-5-11-21(12-6-18)37(27,34)35/h5-12,22H,13-16H2,1-4H3,(H2,27,34,35). The van der Waals surface area contributed by atoms with E-state index < -0.39 is 33.8 Å². The average Bonchev–Trinajstić information content (AvgIpc) is 3.06. The number of sulfonamides is 1.